The summed E-state index contributed by atoms with van der Waals surface area (Å²) in [6.07, 6.45) is 1.68. The fourth-order valence-corrected chi connectivity index (χ4v) is 5.65. The number of halogens is 2. The molecule has 0 amide bonds. The molecule has 3 aromatic heterocycles. The van der Waals surface area contributed by atoms with Gasteiger partial charge in [0.1, 0.15) is 9.71 Å². The first-order valence-corrected chi connectivity index (χ1v) is 10.5. The Hall–Kier alpha value is -2.19. The standard InChI is InChI=1S/C19H12Cl2N2O3S2/c1-8-13-17(24)22-16(23-18(13)28-15(8)19(25)26-2)10(20)7-12-14(21)9-5-3-4-6-11(9)27-12/h3-7H,1-2H3,(H,22,23,24)/b10-7-. The molecule has 0 aliphatic carbocycles. The van der Waals surface area contributed by atoms with E-state index in [1.165, 1.54) is 18.4 Å². The zero-order chi connectivity index (χ0) is 20.0. The molecule has 0 saturated carbocycles. The van der Waals surface area contributed by atoms with E-state index < -0.39 is 5.97 Å². The van der Waals surface area contributed by atoms with Gasteiger partial charge in [0.25, 0.3) is 5.56 Å². The number of fused-ring (bicyclic) bond motifs is 2. The third-order valence-corrected chi connectivity index (χ3v) is 7.31. The molecule has 0 radical (unpaired) electrons. The van der Waals surface area contributed by atoms with Crippen LogP contribution in [0.25, 0.3) is 31.4 Å². The van der Waals surface area contributed by atoms with Crippen LogP contribution >= 0.6 is 45.9 Å². The molecule has 9 heteroatoms. The Kier molecular flexibility index (Phi) is 5.01. The SMILES string of the molecule is COC(=O)c1sc2nc(/C(Cl)=C/c3sc4ccccc4c3Cl)[nH]c(=O)c2c1C. The Bertz CT molecular complexity index is 1330. The first kappa shape index (κ1) is 19.1. The molecule has 3 heterocycles. The number of esters is 1. The predicted octanol–water partition coefficient (Wildman–Crippen LogP) is 5.68. The van der Waals surface area contributed by atoms with Gasteiger partial charge in [-0.1, -0.05) is 41.4 Å². The number of nitrogens with zero attached hydrogens (tertiary/aromatic N) is 1. The number of hydrogen-bond donors (Lipinski definition) is 1. The van der Waals surface area contributed by atoms with E-state index in [1.807, 2.05) is 24.3 Å². The Labute approximate surface area is 177 Å². The molecule has 0 aliphatic rings. The first-order chi connectivity index (χ1) is 13.4. The van der Waals surface area contributed by atoms with Crippen molar-refractivity contribution < 1.29 is 9.53 Å². The molecule has 0 atom stereocenters. The van der Waals surface area contributed by atoms with Gasteiger partial charge in [0.2, 0.25) is 0 Å². The van der Waals surface area contributed by atoms with Crippen molar-refractivity contribution in [2.75, 3.05) is 7.11 Å². The average Bonchev–Trinajstić information content (AvgIpc) is 3.19. The highest BCUT2D eigenvalue weighted by Crippen LogP contribution is 2.38. The number of rotatable bonds is 3. The van der Waals surface area contributed by atoms with Crippen LogP contribution < -0.4 is 5.56 Å². The number of aromatic amines is 1. The number of carbonyl (C=O) groups is 1. The van der Waals surface area contributed by atoms with Crippen LogP contribution in [0.2, 0.25) is 5.02 Å². The van der Waals surface area contributed by atoms with Gasteiger partial charge in [0.15, 0.2) is 5.82 Å². The monoisotopic (exact) mass is 450 g/mol. The minimum Gasteiger partial charge on any atom is -0.465 e. The van der Waals surface area contributed by atoms with E-state index in [0.29, 0.717) is 25.7 Å². The van der Waals surface area contributed by atoms with Gasteiger partial charge in [-0.05, 0) is 24.6 Å². The van der Waals surface area contributed by atoms with Crippen molar-refractivity contribution in [1.29, 1.82) is 0 Å². The van der Waals surface area contributed by atoms with Crippen LogP contribution in [0.1, 0.15) is 25.9 Å². The van der Waals surface area contributed by atoms with Crippen LogP contribution in [0.3, 0.4) is 0 Å². The number of hydrogen-bond acceptors (Lipinski definition) is 6. The summed E-state index contributed by atoms with van der Waals surface area (Å²) in [7, 11) is 1.30. The van der Waals surface area contributed by atoms with Crippen LogP contribution in [-0.2, 0) is 4.74 Å². The summed E-state index contributed by atoms with van der Waals surface area (Å²) in [5, 5.41) is 2.15. The first-order valence-electron chi connectivity index (χ1n) is 8.07. The van der Waals surface area contributed by atoms with E-state index in [-0.39, 0.29) is 16.4 Å². The van der Waals surface area contributed by atoms with E-state index in [4.69, 9.17) is 27.9 Å². The molecule has 28 heavy (non-hydrogen) atoms. The number of nitrogens with one attached hydrogen (secondary N) is 1. The topological polar surface area (TPSA) is 72.0 Å². The number of methoxy groups -OCH3 is 1. The summed E-state index contributed by atoms with van der Waals surface area (Å²) in [6, 6.07) is 7.77. The molecular formula is C19H12Cl2N2O3S2. The second-order valence-electron chi connectivity index (χ2n) is 5.91. The summed E-state index contributed by atoms with van der Waals surface area (Å²) < 4.78 is 5.80. The van der Waals surface area contributed by atoms with Gasteiger partial charge in [-0.15, -0.1) is 22.7 Å². The molecule has 0 bridgehead atoms. The number of aryl methyl sites for hydroxylation is 1. The lowest BCUT2D eigenvalue weighted by atomic mass is 10.2. The maximum absolute atomic E-state index is 12.6. The van der Waals surface area contributed by atoms with Gasteiger partial charge in [0, 0.05) is 15.0 Å². The molecular weight excluding hydrogens is 439 g/mol. The predicted molar refractivity (Wildman–Crippen MR) is 117 cm³/mol. The van der Waals surface area contributed by atoms with Crippen LogP contribution in [-0.4, -0.2) is 23.0 Å². The minimum atomic E-state index is -0.500. The fraction of sp³-hybridized carbons (Fsp3) is 0.105. The third kappa shape index (κ3) is 3.14. The molecule has 0 unspecified atom stereocenters. The van der Waals surface area contributed by atoms with Gasteiger partial charge in [0.05, 0.1) is 22.6 Å². The molecule has 142 valence electrons. The molecule has 4 aromatic rings. The number of aromatic nitrogens is 2. The lowest BCUT2D eigenvalue weighted by Gasteiger charge is -1.99. The second kappa shape index (κ2) is 7.33. The van der Waals surface area contributed by atoms with Crippen molar-refractivity contribution in [3.05, 3.63) is 60.8 Å². The highest BCUT2D eigenvalue weighted by molar-refractivity contribution is 7.21. The summed E-state index contributed by atoms with van der Waals surface area (Å²) in [5.74, 6) is -0.287. The van der Waals surface area contributed by atoms with Crippen LogP contribution in [0.5, 0.6) is 0 Å². The minimum absolute atomic E-state index is 0.213. The van der Waals surface area contributed by atoms with Crippen molar-refractivity contribution in [2.45, 2.75) is 6.92 Å². The Morgan fingerprint density at radius 1 is 1.29 bits per heavy atom. The molecule has 0 aliphatic heterocycles. The van der Waals surface area contributed by atoms with Crippen LogP contribution in [0.4, 0.5) is 0 Å². The number of thiophene rings is 2. The summed E-state index contributed by atoms with van der Waals surface area (Å²) in [6.45, 7) is 1.69. The van der Waals surface area contributed by atoms with Crippen LogP contribution in [0, 0.1) is 6.92 Å². The van der Waals surface area contributed by atoms with Gasteiger partial charge in [-0.25, -0.2) is 9.78 Å². The Balaban J connectivity index is 1.84. The van der Waals surface area contributed by atoms with E-state index >= 15 is 0 Å². The maximum Gasteiger partial charge on any atom is 0.348 e. The zero-order valence-electron chi connectivity index (χ0n) is 14.6. The second-order valence-corrected chi connectivity index (χ2v) is 8.78. The van der Waals surface area contributed by atoms with E-state index in [2.05, 4.69) is 9.97 Å². The van der Waals surface area contributed by atoms with Crippen molar-refractivity contribution in [3.8, 4) is 0 Å². The van der Waals surface area contributed by atoms with Crippen LogP contribution in [0.15, 0.2) is 29.1 Å². The highest BCUT2D eigenvalue weighted by atomic mass is 35.5. The van der Waals surface area contributed by atoms with Crippen molar-refractivity contribution in [3.63, 3.8) is 0 Å². The average molecular weight is 451 g/mol. The highest BCUT2D eigenvalue weighted by Gasteiger charge is 2.20. The third-order valence-electron chi connectivity index (χ3n) is 4.22. The Morgan fingerprint density at radius 2 is 2.04 bits per heavy atom. The molecule has 0 spiro atoms. The molecule has 0 fully saturated rings. The normalized spacial score (nSPS) is 12.1. The summed E-state index contributed by atoms with van der Waals surface area (Å²) in [5.41, 5.74) is 0.178. The summed E-state index contributed by atoms with van der Waals surface area (Å²) >= 11 is 15.5. The van der Waals surface area contributed by atoms with Gasteiger partial charge in [-0.3, -0.25) is 4.79 Å². The van der Waals surface area contributed by atoms with Crippen molar-refractivity contribution in [1.82, 2.24) is 9.97 Å². The molecule has 0 saturated heterocycles. The Morgan fingerprint density at radius 3 is 2.75 bits per heavy atom. The molecule has 1 N–H and O–H groups in total. The molecule has 1 aromatic carbocycles. The maximum atomic E-state index is 12.6. The smallest absolute Gasteiger partial charge is 0.348 e. The van der Waals surface area contributed by atoms with Gasteiger partial charge in [-0.2, -0.15) is 0 Å². The lowest BCUT2D eigenvalue weighted by molar-refractivity contribution is 0.0605. The number of ether oxygens (including phenoxy) is 1. The largest absolute Gasteiger partial charge is 0.465 e. The molecule has 4 rings (SSSR count). The number of H-pyrrole nitrogens is 1. The van der Waals surface area contributed by atoms with Gasteiger partial charge < -0.3 is 9.72 Å². The van der Waals surface area contributed by atoms with Crippen molar-refractivity contribution >= 4 is 83.3 Å². The fourth-order valence-electron chi connectivity index (χ4n) is 2.85. The lowest BCUT2D eigenvalue weighted by Crippen LogP contribution is -2.10. The number of benzene rings is 1. The number of carbonyl (C=O) groups excluding carboxylic acids is 1. The zero-order valence-corrected chi connectivity index (χ0v) is 17.8. The van der Waals surface area contributed by atoms with Crippen molar-refractivity contribution in [2.24, 2.45) is 0 Å². The molecule has 5 nitrogen and oxygen atoms in total. The van der Waals surface area contributed by atoms with E-state index in [0.717, 1.165) is 26.3 Å². The summed E-state index contributed by atoms with van der Waals surface area (Å²) in [4.78, 5) is 33.1. The van der Waals surface area contributed by atoms with E-state index in [9.17, 15) is 9.59 Å². The quantitative estimate of drug-likeness (QED) is 0.407. The van der Waals surface area contributed by atoms with E-state index in [1.54, 1.807) is 13.0 Å². The van der Waals surface area contributed by atoms with Gasteiger partial charge >= 0.3 is 5.97 Å².